The van der Waals surface area contributed by atoms with Crippen molar-refractivity contribution in [1.82, 2.24) is 4.90 Å². The van der Waals surface area contributed by atoms with Gasteiger partial charge < -0.3 is 23.7 Å². The van der Waals surface area contributed by atoms with Crippen LogP contribution in [0.1, 0.15) is 46.6 Å². The lowest BCUT2D eigenvalue weighted by Crippen LogP contribution is -2.74. The highest BCUT2D eigenvalue weighted by atomic mass is 16.7. The molecule has 0 unspecified atom stereocenters. The van der Waals surface area contributed by atoms with Gasteiger partial charge in [-0.15, -0.1) is 0 Å². The molecule has 0 spiro atoms. The van der Waals surface area contributed by atoms with Gasteiger partial charge in [-0.1, -0.05) is 30.3 Å². The van der Waals surface area contributed by atoms with Crippen LogP contribution >= 0.6 is 0 Å². The molecule has 9 heteroatoms. The third kappa shape index (κ3) is 5.34. The van der Waals surface area contributed by atoms with Crippen molar-refractivity contribution in [1.29, 1.82) is 0 Å². The number of morpholine rings is 1. The maximum atomic E-state index is 13.2. The van der Waals surface area contributed by atoms with Gasteiger partial charge >= 0.3 is 18.0 Å². The van der Waals surface area contributed by atoms with Gasteiger partial charge in [0.05, 0.1) is 6.42 Å². The Morgan fingerprint density at radius 3 is 2.23 bits per heavy atom. The number of amides is 1. The Morgan fingerprint density at radius 1 is 1.10 bits per heavy atom. The minimum Gasteiger partial charge on any atom is -0.460 e. The van der Waals surface area contributed by atoms with Gasteiger partial charge in [0.1, 0.15) is 18.2 Å². The summed E-state index contributed by atoms with van der Waals surface area (Å²) in [6.07, 6.45) is -1.29. The fraction of sp³-hybridized carbons (Fsp3) is 0.591. The normalized spacial score (nSPS) is 26.2. The first-order valence-corrected chi connectivity index (χ1v) is 9.92. The van der Waals surface area contributed by atoms with E-state index in [0.717, 1.165) is 10.5 Å². The Labute approximate surface area is 182 Å². The third-order valence-corrected chi connectivity index (χ3v) is 5.15. The van der Waals surface area contributed by atoms with Crippen LogP contribution in [0.25, 0.3) is 0 Å². The summed E-state index contributed by atoms with van der Waals surface area (Å²) in [7, 11) is 2.67. The smallest absolute Gasteiger partial charge is 0.413 e. The zero-order chi connectivity index (χ0) is 23.4. The maximum Gasteiger partial charge on any atom is 0.413 e. The summed E-state index contributed by atoms with van der Waals surface area (Å²) in [6, 6.07) is 7.73. The summed E-state index contributed by atoms with van der Waals surface area (Å²) in [6.45, 7) is 8.07. The lowest BCUT2D eigenvalue weighted by Gasteiger charge is -2.54. The Morgan fingerprint density at radius 2 is 1.71 bits per heavy atom. The van der Waals surface area contributed by atoms with E-state index in [1.54, 1.807) is 32.9 Å². The number of methoxy groups -OCH3 is 2. The van der Waals surface area contributed by atoms with Crippen LogP contribution in [0.4, 0.5) is 4.79 Å². The van der Waals surface area contributed by atoms with E-state index in [1.807, 2.05) is 18.2 Å². The summed E-state index contributed by atoms with van der Waals surface area (Å²) in [4.78, 5) is 39.5. The van der Waals surface area contributed by atoms with Crippen molar-refractivity contribution in [2.45, 2.75) is 70.8 Å². The van der Waals surface area contributed by atoms with Crippen molar-refractivity contribution in [3.63, 3.8) is 0 Å². The second-order valence-electron chi connectivity index (χ2n) is 8.47. The molecule has 2 rings (SSSR count). The fourth-order valence-corrected chi connectivity index (χ4v) is 3.30. The van der Waals surface area contributed by atoms with Crippen LogP contribution in [-0.2, 0) is 39.9 Å². The Kier molecular flexibility index (Phi) is 7.33. The molecule has 31 heavy (non-hydrogen) atoms. The molecule has 1 aliphatic rings. The first-order chi connectivity index (χ1) is 14.4. The molecule has 1 aromatic rings. The molecule has 1 heterocycles. The summed E-state index contributed by atoms with van der Waals surface area (Å²) in [5, 5.41) is 0. The minimum absolute atomic E-state index is 0.0339. The molecule has 0 saturated carbocycles. The molecule has 0 aliphatic carbocycles. The van der Waals surface area contributed by atoms with E-state index < -0.39 is 47.6 Å². The third-order valence-electron chi connectivity index (χ3n) is 5.15. The Bertz CT molecular complexity index is 805. The average molecular weight is 437 g/mol. The second kappa shape index (κ2) is 9.23. The van der Waals surface area contributed by atoms with E-state index in [1.165, 1.54) is 28.1 Å². The molecule has 0 aromatic heterocycles. The molecule has 1 amide bonds. The lowest BCUT2D eigenvalue weighted by molar-refractivity contribution is -0.350. The molecular weight excluding hydrogens is 406 g/mol. The van der Waals surface area contributed by atoms with E-state index in [-0.39, 0.29) is 6.61 Å². The van der Waals surface area contributed by atoms with Gasteiger partial charge in [-0.25, -0.2) is 9.59 Å². The first-order valence-electron chi connectivity index (χ1n) is 9.92. The number of rotatable bonds is 6. The van der Waals surface area contributed by atoms with Crippen molar-refractivity contribution < 1.29 is 38.1 Å². The average Bonchev–Trinajstić information content (AvgIpc) is 2.69. The van der Waals surface area contributed by atoms with Gasteiger partial charge in [-0.05, 0) is 33.3 Å². The van der Waals surface area contributed by atoms with Gasteiger partial charge in [-0.2, -0.15) is 0 Å². The summed E-state index contributed by atoms with van der Waals surface area (Å²) < 4.78 is 27.3. The van der Waals surface area contributed by atoms with Gasteiger partial charge in [0.15, 0.2) is 0 Å². The van der Waals surface area contributed by atoms with Crippen molar-refractivity contribution in [3.8, 4) is 0 Å². The number of ether oxygens (including phenoxy) is 5. The van der Waals surface area contributed by atoms with Crippen LogP contribution in [0.5, 0.6) is 0 Å². The van der Waals surface area contributed by atoms with E-state index in [4.69, 9.17) is 23.7 Å². The standard InChI is InChI=1S/C22H31NO8/c1-20(2,3)30-17(24)13-16-18(25)31-22(5,28-7)21(4,27-6)23(16)19(26)29-14-15-11-9-8-10-12-15/h8-12,16H,13-14H2,1-7H3/t16-,21-,22+/m1/s1. The fourth-order valence-electron chi connectivity index (χ4n) is 3.30. The quantitative estimate of drug-likeness (QED) is 0.495. The predicted octanol–water partition coefficient (Wildman–Crippen LogP) is 3.01. The number of carbonyl (C=O) groups is 3. The van der Waals surface area contributed by atoms with Crippen LogP contribution in [0.3, 0.4) is 0 Å². The van der Waals surface area contributed by atoms with E-state index in [9.17, 15) is 14.4 Å². The van der Waals surface area contributed by atoms with Crippen LogP contribution in [0.15, 0.2) is 30.3 Å². The molecule has 0 N–H and O–H groups in total. The highest BCUT2D eigenvalue weighted by Crippen LogP contribution is 2.41. The zero-order valence-electron chi connectivity index (χ0n) is 19.1. The number of hydrogen-bond donors (Lipinski definition) is 0. The molecule has 172 valence electrons. The van der Waals surface area contributed by atoms with Crippen molar-refractivity contribution in [3.05, 3.63) is 35.9 Å². The number of benzene rings is 1. The molecule has 1 saturated heterocycles. The monoisotopic (exact) mass is 437 g/mol. The number of esters is 2. The highest BCUT2D eigenvalue weighted by molar-refractivity contribution is 5.88. The molecule has 0 radical (unpaired) electrons. The topological polar surface area (TPSA) is 101 Å². The predicted molar refractivity (Wildman–Crippen MR) is 110 cm³/mol. The minimum atomic E-state index is -1.64. The van der Waals surface area contributed by atoms with Crippen LogP contribution in [0.2, 0.25) is 0 Å². The van der Waals surface area contributed by atoms with E-state index >= 15 is 0 Å². The van der Waals surface area contributed by atoms with Gasteiger partial charge in [0.2, 0.25) is 5.72 Å². The number of hydrogen-bond acceptors (Lipinski definition) is 8. The van der Waals surface area contributed by atoms with Crippen LogP contribution in [-0.4, -0.2) is 60.3 Å². The molecular formula is C22H31NO8. The van der Waals surface area contributed by atoms with Gasteiger partial charge in [0.25, 0.3) is 5.79 Å². The summed E-state index contributed by atoms with van der Waals surface area (Å²) >= 11 is 0. The molecule has 3 atom stereocenters. The SMILES string of the molecule is CO[C@@]1(C)OC(=O)[C@@H](CC(=O)OC(C)(C)C)N(C(=O)OCc2ccccc2)[C@]1(C)OC. The lowest BCUT2D eigenvalue weighted by atomic mass is 9.96. The number of cyclic esters (lactones) is 1. The molecule has 1 aliphatic heterocycles. The Hall–Kier alpha value is -2.65. The molecule has 1 aromatic carbocycles. The van der Waals surface area contributed by atoms with Gasteiger partial charge in [0, 0.05) is 21.1 Å². The Balaban J connectivity index is 2.37. The highest BCUT2D eigenvalue weighted by Gasteiger charge is 2.63. The summed E-state index contributed by atoms with van der Waals surface area (Å²) in [5.41, 5.74) is -1.59. The second-order valence-corrected chi connectivity index (χ2v) is 8.47. The zero-order valence-corrected chi connectivity index (χ0v) is 19.1. The summed E-state index contributed by atoms with van der Waals surface area (Å²) in [5.74, 6) is -3.15. The maximum absolute atomic E-state index is 13.2. The van der Waals surface area contributed by atoms with E-state index in [0.29, 0.717) is 0 Å². The van der Waals surface area contributed by atoms with Crippen LogP contribution in [0, 0.1) is 0 Å². The van der Waals surface area contributed by atoms with Crippen molar-refractivity contribution in [2.75, 3.05) is 14.2 Å². The first kappa shape index (κ1) is 24.6. The van der Waals surface area contributed by atoms with Gasteiger partial charge in [-0.3, -0.25) is 9.69 Å². The molecule has 9 nitrogen and oxygen atoms in total. The van der Waals surface area contributed by atoms with Crippen molar-refractivity contribution >= 4 is 18.0 Å². The number of nitrogens with zero attached hydrogens (tertiary/aromatic N) is 1. The van der Waals surface area contributed by atoms with Crippen LogP contribution < -0.4 is 0 Å². The van der Waals surface area contributed by atoms with E-state index in [2.05, 4.69) is 0 Å². The number of carbonyl (C=O) groups excluding carboxylic acids is 3. The molecule has 0 bridgehead atoms. The largest absolute Gasteiger partial charge is 0.460 e. The van der Waals surface area contributed by atoms with Crippen molar-refractivity contribution in [2.24, 2.45) is 0 Å². The molecule has 1 fully saturated rings.